The van der Waals surface area contributed by atoms with Crippen LogP contribution in [-0.4, -0.2) is 23.4 Å². The molecule has 3 nitrogen and oxygen atoms in total. The van der Waals surface area contributed by atoms with Gasteiger partial charge < -0.3 is 14.6 Å². The first-order valence-electron chi connectivity index (χ1n) is 7.67. The van der Waals surface area contributed by atoms with Crippen LogP contribution in [0, 0.1) is 6.92 Å². The van der Waals surface area contributed by atoms with Gasteiger partial charge in [0, 0.05) is 18.4 Å². The fourth-order valence-electron chi connectivity index (χ4n) is 3.27. The van der Waals surface area contributed by atoms with Gasteiger partial charge in [0.2, 0.25) is 0 Å². The summed E-state index contributed by atoms with van der Waals surface area (Å²) >= 11 is 0. The molecule has 1 N–H and O–H groups in total. The first kappa shape index (κ1) is 13.9. The maximum Gasteiger partial charge on any atom is 0.125 e. The van der Waals surface area contributed by atoms with Crippen LogP contribution in [-0.2, 0) is 4.74 Å². The van der Waals surface area contributed by atoms with Gasteiger partial charge in [0.05, 0.1) is 18.3 Å². The number of benzene rings is 1. The van der Waals surface area contributed by atoms with Gasteiger partial charge in [-0.15, -0.1) is 0 Å². The normalized spacial score (nSPS) is 26.1. The molecule has 0 bridgehead atoms. The molecule has 1 heterocycles. The lowest BCUT2D eigenvalue weighted by molar-refractivity contribution is -0.153. The number of aliphatic hydroxyl groups excluding tert-OH is 1. The Morgan fingerprint density at radius 1 is 1.40 bits per heavy atom. The smallest absolute Gasteiger partial charge is 0.125 e. The number of ether oxygens (including phenoxy) is 2. The predicted molar refractivity (Wildman–Crippen MR) is 78.0 cm³/mol. The molecule has 1 aliphatic heterocycles. The maximum absolute atomic E-state index is 9.88. The fourth-order valence-corrected chi connectivity index (χ4v) is 3.27. The van der Waals surface area contributed by atoms with Gasteiger partial charge >= 0.3 is 0 Å². The zero-order valence-corrected chi connectivity index (χ0v) is 12.4. The molecule has 1 aliphatic carbocycles. The van der Waals surface area contributed by atoms with Crippen LogP contribution in [0.2, 0.25) is 0 Å². The molecule has 1 aromatic carbocycles. The first-order chi connectivity index (χ1) is 9.58. The summed E-state index contributed by atoms with van der Waals surface area (Å²) in [6, 6.07) is 6.02. The summed E-state index contributed by atoms with van der Waals surface area (Å²) in [5, 5.41) is 9.88. The molecule has 1 saturated heterocycles. The predicted octanol–water partition coefficient (Wildman–Crippen LogP) is 3.53. The minimum absolute atomic E-state index is 0.0950. The van der Waals surface area contributed by atoms with Gasteiger partial charge in [-0.1, -0.05) is 12.1 Å². The Kier molecular flexibility index (Phi) is 3.74. The molecule has 1 aromatic rings. The van der Waals surface area contributed by atoms with Gasteiger partial charge in [0.1, 0.15) is 11.9 Å². The minimum Gasteiger partial charge on any atom is -0.490 e. The third-order valence-corrected chi connectivity index (χ3v) is 4.63. The minimum atomic E-state index is -0.497. The largest absolute Gasteiger partial charge is 0.490 e. The van der Waals surface area contributed by atoms with Crippen molar-refractivity contribution in [3.63, 3.8) is 0 Å². The lowest BCUT2D eigenvalue weighted by atomic mass is 9.74. The van der Waals surface area contributed by atoms with Crippen LogP contribution < -0.4 is 4.74 Å². The molecule has 2 atom stereocenters. The van der Waals surface area contributed by atoms with E-state index in [0.717, 1.165) is 36.3 Å². The van der Waals surface area contributed by atoms with Crippen molar-refractivity contribution >= 4 is 0 Å². The first-order valence-corrected chi connectivity index (χ1v) is 7.67. The fraction of sp³-hybridized carbons (Fsp3) is 0.647. The molecule has 1 unspecified atom stereocenters. The van der Waals surface area contributed by atoms with E-state index in [1.807, 2.05) is 18.2 Å². The van der Waals surface area contributed by atoms with Crippen molar-refractivity contribution in [2.24, 2.45) is 0 Å². The highest BCUT2D eigenvalue weighted by atomic mass is 16.5. The number of hydrogen-bond acceptors (Lipinski definition) is 3. The molecule has 3 heteroatoms. The van der Waals surface area contributed by atoms with E-state index in [1.165, 1.54) is 19.3 Å². The van der Waals surface area contributed by atoms with E-state index in [9.17, 15) is 5.11 Å². The standard InChI is InChI=1S/C17H24O3/c1-12-4-5-15(13(2)18)16(10-12)20-14-6-9-19-17(11-14)7-3-8-17/h4-5,10,13-14,18H,3,6-9,11H2,1-2H3/t13-,14?/m1/s1. The summed E-state index contributed by atoms with van der Waals surface area (Å²) in [7, 11) is 0. The molecule has 2 aliphatic rings. The van der Waals surface area contributed by atoms with Gasteiger partial charge in [-0.3, -0.25) is 0 Å². The van der Waals surface area contributed by atoms with Crippen molar-refractivity contribution in [1.29, 1.82) is 0 Å². The van der Waals surface area contributed by atoms with Crippen LogP contribution in [0.25, 0.3) is 0 Å². The van der Waals surface area contributed by atoms with E-state index in [0.29, 0.717) is 0 Å². The summed E-state index contributed by atoms with van der Waals surface area (Å²) in [5.41, 5.74) is 2.14. The Morgan fingerprint density at radius 3 is 2.85 bits per heavy atom. The lowest BCUT2D eigenvalue weighted by Crippen LogP contribution is -2.48. The lowest BCUT2D eigenvalue weighted by Gasteiger charge is -2.47. The maximum atomic E-state index is 9.88. The van der Waals surface area contributed by atoms with Crippen LogP contribution in [0.3, 0.4) is 0 Å². The van der Waals surface area contributed by atoms with Gasteiger partial charge in [-0.25, -0.2) is 0 Å². The van der Waals surface area contributed by atoms with Crippen molar-refractivity contribution in [3.8, 4) is 5.75 Å². The average molecular weight is 276 g/mol. The van der Waals surface area contributed by atoms with Gasteiger partial charge in [0.25, 0.3) is 0 Å². The second kappa shape index (κ2) is 5.38. The Labute approximate surface area is 120 Å². The summed E-state index contributed by atoms with van der Waals surface area (Å²) in [5.74, 6) is 0.835. The molecule has 1 saturated carbocycles. The average Bonchev–Trinajstić information content (AvgIpc) is 2.37. The third-order valence-electron chi connectivity index (χ3n) is 4.63. The Hall–Kier alpha value is -1.06. The highest BCUT2D eigenvalue weighted by Gasteiger charge is 2.43. The molecular weight excluding hydrogens is 252 g/mol. The molecule has 110 valence electrons. The van der Waals surface area contributed by atoms with E-state index < -0.39 is 6.10 Å². The molecule has 0 radical (unpaired) electrons. The summed E-state index contributed by atoms with van der Waals surface area (Å²) in [4.78, 5) is 0. The van der Waals surface area contributed by atoms with E-state index in [1.54, 1.807) is 6.92 Å². The van der Waals surface area contributed by atoms with E-state index in [-0.39, 0.29) is 11.7 Å². The Morgan fingerprint density at radius 2 is 2.20 bits per heavy atom. The van der Waals surface area contributed by atoms with Crippen LogP contribution in [0.5, 0.6) is 5.75 Å². The molecule has 2 fully saturated rings. The van der Waals surface area contributed by atoms with Crippen molar-refractivity contribution < 1.29 is 14.6 Å². The third kappa shape index (κ3) is 2.70. The monoisotopic (exact) mass is 276 g/mol. The number of rotatable bonds is 3. The zero-order valence-electron chi connectivity index (χ0n) is 12.4. The van der Waals surface area contributed by atoms with Gasteiger partial charge in [-0.05, 0) is 44.7 Å². The SMILES string of the molecule is Cc1ccc([C@@H](C)O)c(OC2CCOC3(CCC3)C2)c1. The van der Waals surface area contributed by atoms with Gasteiger partial charge in [-0.2, -0.15) is 0 Å². The van der Waals surface area contributed by atoms with Crippen LogP contribution in [0.4, 0.5) is 0 Å². The Bertz CT molecular complexity index is 477. The number of hydrogen-bond donors (Lipinski definition) is 1. The molecule has 20 heavy (non-hydrogen) atoms. The number of aliphatic hydroxyl groups is 1. The van der Waals surface area contributed by atoms with Crippen molar-refractivity contribution in [1.82, 2.24) is 0 Å². The second-order valence-electron chi connectivity index (χ2n) is 6.33. The Balaban J connectivity index is 1.75. The topological polar surface area (TPSA) is 38.7 Å². The van der Waals surface area contributed by atoms with E-state index >= 15 is 0 Å². The quantitative estimate of drug-likeness (QED) is 0.918. The van der Waals surface area contributed by atoms with Crippen molar-refractivity contribution in [2.45, 2.75) is 63.8 Å². The molecule has 0 amide bonds. The molecule has 1 spiro atoms. The van der Waals surface area contributed by atoms with Gasteiger partial charge in [0.15, 0.2) is 0 Å². The summed E-state index contributed by atoms with van der Waals surface area (Å²) in [6.07, 6.45) is 5.26. The highest BCUT2D eigenvalue weighted by molar-refractivity contribution is 5.38. The van der Waals surface area contributed by atoms with Crippen molar-refractivity contribution in [2.75, 3.05) is 6.61 Å². The number of aryl methyl sites for hydroxylation is 1. The summed E-state index contributed by atoms with van der Waals surface area (Å²) in [6.45, 7) is 4.63. The molecule has 3 rings (SSSR count). The summed E-state index contributed by atoms with van der Waals surface area (Å²) < 4.78 is 12.2. The van der Waals surface area contributed by atoms with Crippen molar-refractivity contribution in [3.05, 3.63) is 29.3 Å². The molecule has 0 aromatic heterocycles. The van der Waals surface area contributed by atoms with E-state index in [2.05, 4.69) is 6.92 Å². The molecular formula is C17H24O3. The van der Waals surface area contributed by atoms with Crippen LogP contribution in [0.1, 0.15) is 56.3 Å². The van der Waals surface area contributed by atoms with Crippen LogP contribution in [0.15, 0.2) is 18.2 Å². The van der Waals surface area contributed by atoms with E-state index in [4.69, 9.17) is 9.47 Å². The second-order valence-corrected chi connectivity index (χ2v) is 6.33. The van der Waals surface area contributed by atoms with Crippen LogP contribution >= 0.6 is 0 Å². The zero-order chi connectivity index (χ0) is 14.2. The highest BCUT2D eigenvalue weighted by Crippen LogP contribution is 2.43.